The first-order valence-corrected chi connectivity index (χ1v) is 8.17. The third-order valence-electron chi connectivity index (χ3n) is 4.14. The zero-order chi connectivity index (χ0) is 18.5. The molecular weight excluding hydrogens is 336 g/mol. The highest BCUT2D eigenvalue weighted by Crippen LogP contribution is 2.36. The fourth-order valence-corrected chi connectivity index (χ4v) is 2.89. The summed E-state index contributed by atoms with van der Waals surface area (Å²) in [6.07, 6.45) is -1.04. The molecule has 26 heavy (non-hydrogen) atoms. The molecule has 3 rings (SSSR count). The van der Waals surface area contributed by atoms with E-state index in [1.165, 1.54) is 0 Å². The fourth-order valence-electron chi connectivity index (χ4n) is 2.89. The van der Waals surface area contributed by atoms with Crippen LogP contribution in [0.3, 0.4) is 0 Å². The van der Waals surface area contributed by atoms with E-state index in [9.17, 15) is 9.59 Å². The van der Waals surface area contributed by atoms with E-state index in [1.54, 1.807) is 24.1 Å². The van der Waals surface area contributed by atoms with E-state index in [1.807, 2.05) is 42.5 Å². The summed E-state index contributed by atoms with van der Waals surface area (Å²) in [6.45, 7) is -0.0876. The molecular formula is C19H20N2O5. The zero-order valence-corrected chi connectivity index (χ0v) is 14.3. The first-order chi connectivity index (χ1) is 12.6. The largest absolute Gasteiger partial charge is 0.497 e. The molecule has 0 radical (unpaired) electrons. The quantitative estimate of drug-likeness (QED) is 0.643. The van der Waals surface area contributed by atoms with Crippen molar-refractivity contribution in [3.63, 3.8) is 0 Å². The number of nitrogens with zero attached hydrogens (tertiary/aromatic N) is 1. The minimum atomic E-state index is -1.04. The summed E-state index contributed by atoms with van der Waals surface area (Å²) in [5.41, 5.74) is 6.96. The van der Waals surface area contributed by atoms with Crippen molar-refractivity contribution in [3.8, 4) is 5.75 Å². The van der Waals surface area contributed by atoms with E-state index in [0.29, 0.717) is 5.75 Å². The monoisotopic (exact) mass is 356 g/mol. The molecule has 2 atom stereocenters. The summed E-state index contributed by atoms with van der Waals surface area (Å²) in [6, 6.07) is 16.7. The Morgan fingerprint density at radius 2 is 1.85 bits per heavy atom. The molecule has 7 nitrogen and oxygen atoms in total. The molecule has 0 spiro atoms. The van der Waals surface area contributed by atoms with Crippen LogP contribution in [0, 0.1) is 0 Å². The lowest BCUT2D eigenvalue weighted by Crippen LogP contribution is -2.41. The third kappa shape index (κ3) is 3.68. The predicted molar refractivity (Wildman–Crippen MR) is 94.5 cm³/mol. The van der Waals surface area contributed by atoms with Gasteiger partial charge in [-0.15, -0.1) is 0 Å². The Labute approximate surface area is 151 Å². The van der Waals surface area contributed by atoms with Gasteiger partial charge in [0.15, 0.2) is 0 Å². The van der Waals surface area contributed by atoms with E-state index in [-0.39, 0.29) is 19.2 Å². The number of hydrogen-bond acceptors (Lipinski definition) is 7. The Kier molecular flexibility index (Phi) is 5.50. The number of nitrogens with two attached hydrogens (primary N) is 1. The van der Waals surface area contributed by atoms with Crippen LogP contribution in [0.5, 0.6) is 5.75 Å². The van der Waals surface area contributed by atoms with Gasteiger partial charge in [-0.3, -0.25) is 4.79 Å². The van der Waals surface area contributed by atoms with Crippen molar-refractivity contribution in [2.24, 2.45) is 5.73 Å². The molecule has 1 saturated heterocycles. The van der Waals surface area contributed by atoms with E-state index in [2.05, 4.69) is 0 Å². The number of carbonyl (C=O) groups excluding carboxylic acids is 2. The van der Waals surface area contributed by atoms with Crippen LogP contribution < -0.4 is 15.4 Å². The number of anilines is 1. The van der Waals surface area contributed by atoms with Crippen LogP contribution in [0.15, 0.2) is 54.6 Å². The Bertz CT molecular complexity index is 763. The third-order valence-corrected chi connectivity index (χ3v) is 4.14. The average molecular weight is 356 g/mol. The van der Waals surface area contributed by atoms with Crippen LogP contribution in [0.1, 0.15) is 11.6 Å². The minimum Gasteiger partial charge on any atom is -0.497 e. The molecule has 2 N–H and O–H groups in total. The number of hydrogen-bond donors (Lipinski definition) is 1. The first-order valence-electron chi connectivity index (χ1n) is 8.17. The molecule has 2 unspecified atom stereocenters. The molecule has 0 amide bonds. The zero-order valence-electron chi connectivity index (χ0n) is 14.3. The van der Waals surface area contributed by atoms with Gasteiger partial charge in [0, 0.05) is 5.69 Å². The van der Waals surface area contributed by atoms with Crippen molar-refractivity contribution >= 4 is 17.6 Å². The Balaban J connectivity index is 1.93. The molecule has 0 bridgehead atoms. The second kappa shape index (κ2) is 7.99. The van der Waals surface area contributed by atoms with Crippen LogP contribution in [0.4, 0.5) is 5.69 Å². The van der Waals surface area contributed by atoms with Crippen molar-refractivity contribution < 1.29 is 23.8 Å². The van der Waals surface area contributed by atoms with Gasteiger partial charge in [-0.2, -0.15) is 0 Å². The van der Waals surface area contributed by atoms with E-state index in [0.717, 1.165) is 11.3 Å². The lowest BCUT2D eigenvalue weighted by molar-refractivity contribution is -0.165. The highest BCUT2D eigenvalue weighted by molar-refractivity contribution is 5.90. The number of methoxy groups -OCH3 is 1. The standard InChI is InChI=1S/C19H20N2O5/c1-24-15-9-7-14(8-10-15)21-16(13-5-3-2-4-6-13)12-25-18(21)19(23)26-17(22)11-20/h2-10,16,18H,11-12,20H2,1H3. The van der Waals surface area contributed by atoms with Crippen LogP contribution in [-0.2, 0) is 19.1 Å². The van der Waals surface area contributed by atoms with E-state index in [4.69, 9.17) is 19.9 Å². The van der Waals surface area contributed by atoms with Gasteiger partial charge < -0.3 is 24.8 Å². The van der Waals surface area contributed by atoms with Gasteiger partial charge in [-0.1, -0.05) is 30.3 Å². The van der Waals surface area contributed by atoms with Gasteiger partial charge in [0.2, 0.25) is 6.23 Å². The molecule has 1 fully saturated rings. The van der Waals surface area contributed by atoms with Crippen molar-refractivity contribution in [2.75, 3.05) is 25.2 Å². The van der Waals surface area contributed by atoms with Crippen molar-refractivity contribution in [1.29, 1.82) is 0 Å². The van der Waals surface area contributed by atoms with E-state index < -0.39 is 18.2 Å². The molecule has 0 aliphatic carbocycles. The van der Waals surface area contributed by atoms with Gasteiger partial charge in [0.1, 0.15) is 5.75 Å². The molecule has 2 aromatic carbocycles. The Hall–Kier alpha value is -2.90. The van der Waals surface area contributed by atoms with Gasteiger partial charge in [0.25, 0.3) is 0 Å². The average Bonchev–Trinajstić information content (AvgIpc) is 3.13. The number of ether oxygens (including phenoxy) is 3. The molecule has 0 aromatic heterocycles. The van der Waals surface area contributed by atoms with E-state index >= 15 is 0 Å². The number of rotatable bonds is 5. The Morgan fingerprint density at radius 1 is 1.15 bits per heavy atom. The minimum absolute atomic E-state index is 0.199. The smallest absolute Gasteiger partial charge is 0.364 e. The molecule has 1 aliphatic heterocycles. The molecule has 2 aromatic rings. The van der Waals surface area contributed by atoms with Gasteiger partial charge >= 0.3 is 11.9 Å². The lowest BCUT2D eigenvalue weighted by atomic mass is 10.1. The van der Waals surface area contributed by atoms with Gasteiger partial charge in [-0.05, 0) is 29.8 Å². The van der Waals surface area contributed by atoms with Crippen LogP contribution in [0.25, 0.3) is 0 Å². The summed E-state index contributed by atoms with van der Waals surface area (Å²) in [5, 5.41) is 0. The van der Waals surface area contributed by atoms with Gasteiger partial charge in [-0.25, -0.2) is 4.79 Å². The maximum Gasteiger partial charge on any atom is 0.364 e. The summed E-state index contributed by atoms with van der Waals surface area (Å²) in [5.74, 6) is -0.881. The number of carbonyl (C=O) groups is 2. The van der Waals surface area contributed by atoms with Gasteiger partial charge in [0.05, 0.1) is 26.3 Å². The van der Waals surface area contributed by atoms with Crippen molar-refractivity contribution in [3.05, 3.63) is 60.2 Å². The van der Waals surface area contributed by atoms with Crippen LogP contribution in [0.2, 0.25) is 0 Å². The maximum atomic E-state index is 12.4. The SMILES string of the molecule is COc1ccc(N2C(C(=O)OC(=O)CN)OCC2c2ccccc2)cc1. The summed E-state index contributed by atoms with van der Waals surface area (Å²) in [4.78, 5) is 25.6. The molecule has 1 aliphatic rings. The molecule has 7 heteroatoms. The molecule has 1 heterocycles. The lowest BCUT2D eigenvalue weighted by Gasteiger charge is -2.29. The van der Waals surface area contributed by atoms with Crippen molar-refractivity contribution in [1.82, 2.24) is 0 Å². The normalized spacial score (nSPS) is 19.2. The van der Waals surface area contributed by atoms with Crippen LogP contribution >= 0.6 is 0 Å². The molecule has 0 saturated carbocycles. The Morgan fingerprint density at radius 3 is 2.46 bits per heavy atom. The first kappa shape index (κ1) is 17.9. The second-order valence-electron chi connectivity index (χ2n) is 5.71. The summed E-state index contributed by atoms with van der Waals surface area (Å²) >= 11 is 0. The second-order valence-corrected chi connectivity index (χ2v) is 5.71. The summed E-state index contributed by atoms with van der Waals surface area (Å²) in [7, 11) is 1.58. The predicted octanol–water partition coefficient (Wildman–Crippen LogP) is 1.63. The molecule has 136 valence electrons. The number of benzene rings is 2. The van der Waals surface area contributed by atoms with Crippen molar-refractivity contribution in [2.45, 2.75) is 12.3 Å². The number of esters is 2. The topological polar surface area (TPSA) is 91.1 Å². The summed E-state index contributed by atoms with van der Waals surface area (Å²) < 4.78 is 15.6. The fraction of sp³-hybridized carbons (Fsp3) is 0.263. The van der Waals surface area contributed by atoms with Crippen LogP contribution in [-0.4, -0.2) is 38.4 Å². The highest BCUT2D eigenvalue weighted by atomic mass is 16.6. The highest BCUT2D eigenvalue weighted by Gasteiger charge is 2.41. The maximum absolute atomic E-state index is 12.4.